The van der Waals surface area contributed by atoms with Gasteiger partial charge in [0.1, 0.15) is 11.5 Å². The van der Waals surface area contributed by atoms with Crippen LogP contribution in [0.2, 0.25) is 0 Å². The van der Waals surface area contributed by atoms with Crippen LogP contribution in [0.3, 0.4) is 0 Å². The van der Waals surface area contributed by atoms with Crippen molar-refractivity contribution in [3.63, 3.8) is 0 Å². The van der Waals surface area contributed by atoms with Crippen LogP contribution in [0.1, 0.15) is 23.7 Å². The lowest BCUT2D eigenvalue weighted by Crippen LogP contribution is -1.99. The van der Waals surface area contributed by atoms with E-state index in [2.05, 4.69) is 38.8 Å². The summed E-state index contributed by atoms with van der Waals surface area (Å²) in [5.74, 6) is 3.24. The van der Waals surface area contributed by atoms with Crippen molar-refractivity contribution < 1.29 is 9.47 Å². The first-order valence-corrected chi connectivity index (χ1v) is 7.34. The summed E-state index contributed by atoms with van der Waals surface area (Å²) in [7, 11) is 3.38. The summed E-state index contributed by atoms with van der Waals surface area (Å²) in [4.78, 5) is 0.342. The third-order valence-corrected chi connectivity index (χ3v) is 5.14. The molecule has 2 nitrogen and oxygen atoms in total. The van der Waals surface area contributed by atoms with E-state index < -0.39 is 0 Å². The van der Waals surface area contributed by atoms with Crippen LogP contribution in [0.25, 0.3) is 0 Å². The molecule has 1 aliphatic rings. The van der Waals surface area contributed by atoms with E-state index in [-0.39, 0.29) is 0 Å². The zero-order valence-corrected chi connectivity index (χ0v) is 13.3. The smallest absolute Gasteiger partial charge is 0.133 e. The second-order valence-electron chi connectivity index (χ2n) is 4.51. The molecule has 1 fully saturated rings. The molecule has 1 aliphatic carbocycles. The topological polar surface area (TPSA) is 18.5 Å². The van der Waals surface area contributed by atoms with Crippen molar-refractivity contribution >= 4 is 31.9 Å². The Morgan fingerprint density at radius 2 is 1.82 bits per heavy atom. The van der Waals surface area contributed by atoms with Crippen LogP contribution in [0.5, 0.6) is 11.5 Å². The number of ether oxygens (including phenoxy) is 2. The summed E-state index contributed by atoms with van der Waals surface area (Å²) in [6, 6.07) is 4.02. The van der Waals surface area contributed by atoms with Crippen LogP contribution in [0.15, 0.2) is 16.6 Å². The molecule has 0 heterocycles. The number of hydrogen-bond acceptors (Lipinski definition) is 2. The van der Waals surface area contributed by atoms with E-state index in [9.17, 15) is 0 Å². The minimum absolute atomic E-state index is 0.342. The quantitative estimate of drug-likeness (QED) is 0.730. The van der Waals surface area contributed by atoms with Crippen LogP contribution >= 0.6 is 31.9 Å². The summed E-state index contributed by atoms with van der Waals surface area (Å²) >= 11 is 7.26. The molecule has 0 aliphatic heterocycles. The first-order valence-electron chi connectivity index (χ1n) is 5.64. The molecule has 4 heteroatoms. The number of halogens is 2. The molecule has 1 aromatic rings. The van der Waals surface area contributed by atoms with Crippen molar-refractivity contribution in [2.75, 3.05) is 14.2 Å². The van der Waals surface area contributed by atoms with Crippen LogP contribution in [0, 0.1) is 11.8 Å². The van der Waals surface area contributed by atoms with Crippen molar-refractivity contribution in [2.24, 2.45) is 11.8 Å². The Balaban J connectivity index is 2.36. The van der Waals surface area contributed by atoms with Crippen molar-refractivity contribution in [3.05, 3.63) is 22.2 Å². The van der Waals surface area contributed by atoms with Gasteiger partial charge in [0.15, 0.2) is 0 Å². The van der Waals surface area contributed by atoms with Gasteiger partial charge in [0.2, 0.25) is 0 Å². The molecule has 1 saturated carbocycles. The fraction of sp³-hybridized carbons (Fsp3) is 0.538. The van der Waals surface area contributed by atoms with E-state index in [1.165, 1.54) is 12.0 Å². The number of methoxy groups -OCH3 is 2. The van der Waals surface area contributed by atoms with Gasteiger partial charge in [-0.05, 0) is 46.3 Å². The molecular weight excluding hydrogens is 348 g/mol. The number of rotatable bonds is 4. The molecule has 0 radical (unpaired) electrons. The Morgan fingerprint density at radius 3 is 2.29 bits per heavy atom. The Morgan fingerprint density at radius 1 is 1.24 bits per heavy atom. The molecule has 0 saturated heterocycles. The standard InChI is InChI=1S/C13H16Br2O2/c1-7-4-8(7)13(15)9-5-12(17-3)10(14)6-11(9)16-2/h5-8,13H,4H2,1-3H3. The van der Waals surface area contributed by atoms with E-state index >= 15 is 0 Å². The predicted octanol–water partition coefficient (Wildman–Crippen LogP) is 4.56. The lowest BCUT2D eigenvalue weighted by molar-refractivity contribution is 0.395. The van der Waals surface area contributed by atoms with Crippen molar-refractivity contribution in [1.29, 1.82) is 0 Å². The monoisotopic (exact) mass is 362 g/mol. The molecule has 3 unspecified atom stereocenters. The molecule has 17 heavy (non-hydrogen) atoms. The summed E-state index contributed by atoms with van der Waals surface area (Å²) < 4.78 is 11.7. The highest BCUT2D eigenvalue weighted by Crippen LogP contribution is 2.53. The van der Waals surface area contributed by atoms with Gasteiger partial charge in [0.25, 0.3) is 0 Å². The SMILES string of the molecule is COc1cc(C(Br)C2CC2C)c(OC)cc1Br. The highest BCUT2D eigenvalue weighted by molar-refractivity contribution is 9.10. The average molecular weight is 364 g/mol. The molecule has 0 amide bonds. The maximum atomic E-state index is 5.44. The molecular formula is C13H16Br2O2. The largest absolute Gasteiger partial charge is 0.496 e. The first-order chi connectivity index (χ1) is 8.08. The van der Waals surface area contributed by atoms with Crippen molar-refractivity contribution in [3.8, 4) is 11.5 Å². The van der Waals surface area contributed by atoms with Gasteiger partial charge >= 0.3 is 0 Å². The number of benzene rings is 1. The molecule has 2 rings (SSSR count). The molecule has 0 spiro atoms. The predicted molar refractivity (Wildman–Crippen MR) is 76.2 cm³/mol. The Kier molecular flexibility index (Phi) is 4.03. The Labute approximate surface area is 119 Å². The van der Waals surface area contributed by atoms with Gasteiger partial charge in [-0.2, -0.15) is 0 Å². The zero-order valence-electron chi connectivity index (χ0n) is 10.2. The van der Waals surface area contributed by atoms with Crippen LogP contribution in [-0.2, 0) is 0 Å². The van der Waals surface area contributed by atoms with E-state index in [4.69, 9.17) is 9.47 Å². The van der Waals surface area contributed by atoms with Gasteiger partial charge in [0.05, 0.1) is 18.7 Å². The first kappa shape index (κ1) is 13.2. The van der Waals surface area contributed by atoms with E-state index in [1.54, 1.807) is 14.2 Å². The highest BCUT2D eigenvalue weighted by Gasteiger charge is 2.40. The fourth-order valence-corrected chi connectivity index (χ4v) is 3.67. The van der Waals surface area contributed by atoms with Gasteiger partial charge in [0, 0.05) is 10.4 Å². The van der Waals surface area contributed by atoms with Crippen molar-refractivity contribution in [2.45, 2.75) is 18.2 Å². The van der Waals surface area contributed by atoms with Gasteiger partial charge in [-0.25, -0.2) is 0 Å². The van der Waals surface area contributed by atoms with Gasteiger partial charge in [-0.3, -0.25) is 0 Å². The summed E-state index contributed by atoms with van der Waals surface area (Å²) in [5.41, 5.74) is 1.17. The summed E-state index contributed by atoms with van der Waals surface area (Å²) in [5, 5.41) is 0. The lowest BCUT2D eigenvalue weighted by atomic mass is 10.1. The maximum Gasteiger partial charge on any atom is 0.133 e. The lowest BCUT2D eigenvalue weighted by Gasteiger charge is -2.16. The summed E-state index contributed by atoms with van der Waals surface area (Å²) in [6.45, 7) is 2.28. The van der Waals surface area contributed by atoms with Crippen LogP contribution in [-0.4, -0.2) is 14.2 Å². The average Bonchev–Trinajstić information content (AvgIpc) is 3.05. The summed E-state index contributed by atoms with van der Waals surface area (Å²) in [6.07, 6.45) is 1.28. The molecule has 0 bridgehead atoms. The molecule has 0 N–H and O–H groups in total. The second kappa shape index (κ2) is 5.19. The Bertz CT molecular complexity index is 420. The van der Waals surface area contributed by atoms with Crippen LogP contribution in [0.4, 0.5) is 0 Å². The zero-order chi connectivity index (χ0) is 12.6. The minimum atomic E-state index is 0.342. The van der Waals surface area contributed by atoms with Gasteiger partial charge in [-0.15, -0.1) is 0 Å². The number of hydrogen-bond donors (Lipinski definition) is 0. The van der Waals surface area contributed by atoms with E-state index in [1.807, 2.05) is 12.1 Å². The normalized spacial score (nSPS) is 24.3. The highest BCUT2D eigenvalue weighted by atomic mass is 79.9. The molecule has 0 aromatic heterocycles. The molecule has 3 atom stereocenters. The van der Waals surface area contributed by atoms with Crippen LogP contribution < -0.4 is 9.47 Å². The number of alkyl halides is 1. The third kappa shape index (κ3) is 2.63. The van der Waals surface area contributed by atoms with E-state index in [0.29, 0.717) is 10.7 Å². The Hall–Kier alpha value is -0.220. The molecule has 94 valence electrons. The maximum absolute atomic E-state index is 5.44. The van der Waals surface area contributed by atoms with Crippen molar-refractivity contribution in [1.82, 2.24) is 0 Å². The third-order valence-electron chi connectivity index (χ3n) is 3.35. The molecule has 1 aromatic carbocycles. The van der Waals surface area contributed by atoms with Gasteiger partial charge in [-0.1, -0.05) is 22.9 Å². The second-order valence-corrected chi connectivity index (χ2v) is 6.35. The van der Waals surface area contributed by atoms with E-state index in [0.717, 1.165) is 21.9 Å². The van der Waals surface area contributed by atoms with Gasteiger partial charge < -0.3 is 9.47 Å². The minimum Gasteiger partial charge on any atom is -0.496 e. The fourth-order valence-electron chi connectivity index (χ4n) is 2.09.